The molecule has 4 nitrogen and oxygen atoms in total. The van der Waals surface area contributed by atoms with E-state index < -0.39 is 0 Å². The van der Waals surface area contributed by atoms with Crippen LogP contribution >= 0.6 is 11.6 Å². The summed E-state index contributed by atoms with van der Waals surface area (Å²) in [6, 6.07) is 15.2. The molecule has 0 aromatic heterocycles. The molecule has 5 heteroatoms. The van der Waals surface area contributed by atoms with Crippen molar-refractivity contribution in [3.63, 3.8) is 0 Å². The molecule has 0 aliphatic carbocycles. The number of benzene rings is 2. The van der Waals surface area contributed by atoms with Crippen LogP contribution in [0.4, 0.5) is 5.69 Å². The summed E-state index contributed by atoms with van der Waals surface area (Å²) in [5, 5.41) is 3.67. The number of nitrogens with one attached hydrogen (secondary N) is 3. The zero-order valence-corrected chi connectivity index (χ0v) is 13.0. The van der Waals surface area contributed by atoms with E-state index in [1.54, 1.807) is 0 Å². The largest absolute Gasteiger partial charge is 0.324 e. The van der Waals surface area contributed by atoms with Crippen LogP contribution in [-0.2, 0) is 4.79 Å². The molecule has 2 unspecified atom stereocenters. The van der Waals surface area contributed by atoms with Gasteiger partial charge in [0.25, 0.3) is 0 Å². The van der Waals surface area contributed by atoms with Crippen molar-refractivity contribution in [2.24, 2.45) is 0 Å². The Bertz CT molecular complexity index is 689. The molecule has 1 aliphatic rings. The fourth-order valence-corrected chi connectivity index (χ4v) is 2.80. The lowest BCUT2D eigenvalue weighted by molar-refractivity contribution is -0.117. The van der Waals surface area contributed by atoms with E-state index in [1.165, 1.54) is 0 Å². The van der Waals surface area contributed by atoms with E-state index in [1.807, 2.05) is 55.5 Å². The number of hydrazine groups is 1. The number of halogens is 1. The molecule has 1 fully saturated rings. The summed E-state index contributed by atoms with van der Waals surface area (Å²) in [6.45, 7) is 1.98. The highest BCUT2D eigenvalue weighted by atomic mass is 35.5. The molecule has 0 saturated carbocycles. The Hall–Kier alpha value is -1.88. The van der Waals surface area contributed by atoms with Gasteiger partial charge in [-0.1, -0.05) is 41.9 Å². The number of para-hydroxylation sites is 1. The Kier molecular flexibility index (Phi) is 4.43. The van der Waals surface area contributed by atoms with E-state index in [2.05, 4.69) is 16.2 Å². The van der Waals surface area contributed by atoms with Crippen LogP contribution < -0.4 is 16.2 Å². The fraction of sp³-hybridized carbons (Fsp3) is 0.235. The maximum Gasteiger partial charge on any atom is 0.242 e. The highest BCUT2D eigenvalue weighted by Gasteiger charge is 2.30. The predicted molar refractivity (Wildman–Crippen MR) is 88.7 cm³/mol. The quantitative estimate of drug-likeness (QED) is 0.815. The minimum absolute atomic E-state index is 0.0358. The third kappa shape index (κ3) is 3.30. The second-order valence-electron chi connectivity index (χ2n) is 5.49. The van der Waals surface area contributed by atoms with Gasteiger partial charge in [-0.2, -0.15) is 0 Å². The molecule has 114 valence electrons. The molecule has 0 radical (unpaired) electrons. The van der Waals surface area contributed by atoms with Gasteiger partial charge >= 0.3 is 0 Å². The number of hydrogen-bond donors (Lipinski definition) is 3. The third-order valence-corrected chi connectivity index (χ3v) is 4.11. The average Bonchev–Trinajstić information content (AvgIpc) is 2.99. The van der Waals surface area contributed by atoms with Crippen molar-refractivity contribution >= 4 is 23.2 Å². The molecule has 3 rings (SSSR count). The minimum Gasteiger partial charge on any atom is -0.324 e. The summed E-state index contributed by atoms with van der Waals surface area (Å²) in [5.41, 5.74) is 9.19. The van der Waals surface area contributed by atoms with Gasteiger partial charge in [0, 0.05) is 16.8 Å². The second-order valence-corrected chi connectivity index (χ2v) is 5.93. The van der Waals surface area contributed by atoms with Crippen LogP contribution in [0, 0.1) is 6.92 Å². The summed E-state index contributed by atoms with van der Waals surface area (Å²) in [5.74, 6) is -0.0358. The van der Waals surface area contributed by atoms with Gasteiger partial charge < -0.3 is 5.32 Å². The second kappa shape index (κ2) is 6.48. The predicted octanol–water partition coefficient (Wildman–Crippen LogP) is 3.19. The van der Waals surface area contributed by atoms with E-state index in [-0.39, 0.29) is 18.0 Å². The molecule has 3 N–H and O–H groups in total. The number of aryl methyl sites for hydroxylation is 1. The number of hydrogen-bond acceptors (Lipinski definition) is 3. The van der Waals surface area contributed by atoms with Gasteiger partial charge in [-0.05, 0) is 42.7 Å². The minimum atomic E-state index is -0.274. The Morgan fingerprint density at radius 2 is 2.00 bits per heavy atom. The van der Waals surface area contributed by atoms with E-state index in [9.17, 15) is 4.79 Å². The molecule has 0 spiro atoms. The average molecular weight is 316 g/mol. The van der Waals surface area contributed by atoms with Gasteiger partial charge in [-0.3, -0.25) is 4.79 Å². The van der Waals surface area contributed by atoms with Crippen LogP contribution in [0.3, 0.4) is 0 Å². The number of carbonyl (C=O) groups excluding carboxylic acids is 1. The number of anilines is 1. The van der Waals surface area contributed by atoms with E-state index in [0.29, 0.717) is 11.4 Å². The standard InChI is InChI=1S/C17H18ClN3O/c1-11-5-2-3-8-14(11)19-17(22)16-10-15(20-21-16)12-6-4-7-13(18)9-12/h2-9,15-16,20-21H,10H2,1H3,(H,19,22). The summed E-state index contributed by atoms with van der Waals surface area (Å²) in [6.07, 6.45) is 0.679. The molecule has 1 saturated heterocycles. The first kappa shape index (κ1) is 15.0. The van der Waals surface area contributed by atoms with Gasteiger partial charge in [0.2, 0.25) is 5.91 Å². The number of rotatable bonds is 3. The third-order valence-electron chi connectivity index (χ3n) is 3.87. The monoisotopic (exact) mass is 315 g/mol. The van der Waals surface area contributed by atoms with Crippen LogP contribution in [-0.4, -0.2) is 11.9 Å². The van der Waals surface area contributed by atoms with Crippen LogP contribution in [0.1, 0.15) is 23.6 Å². The molecule has 2 aromatic rings. The molecule has 22 heavy (non-hydrogen) atoms. The van der Waals surface area contributed by atoms with Crippen molar-refractivity contribution in [2.45, 2.75) is 25.4 Å². The van der Waals surface area contributed by atoms with Gasteiger partial charge in [-0.25, -0.2) is 10.9 Å². The number of amides is 1. The Morgan fingerprint density at radius 1 is 1.18 bits per heavy atom. The normalized spacial score (nSPS) is 20.8. The van der Waals surface area contributed by atoms with Crippen LogP contribution in [0.15, 0.2) is 48.5 Å². The molecule has 1 amide bonds. The lowest BCUT2D eigenvalue weighted by atomic mass is 10.0. The zero-order chi connectivity index (χ0) is 15.5. The molecular weight excluding hydrogens is 298 g/mol. The highest BCUT2D eigenvalue weighted by molar-refractivity contribution is 6.30. The van der Waals surface area contributed by atoms with Crippen molar-refractivity contribution in [2.75, 3.05) is 5.32 Å². The summed E-state index contributed by atoms with van der Waals surface area (Å²) >= 11 is 6.02. The lowest BCUT2D eigenvalue weighted by Crippen LogP contribution is -2.39. The summed E-state index contributed by atoms with van der Waals surface area (Å²) < 4.78 is 0. The van der Waals surface area contributed by atoms with Gasteiger partial charge in [0.05, 0.1) is 0 Å². The number of carbonyl (C=O) groups is 1. The molecule has 1 heterocycles. The Balaban J connectivity index is 1.65. The smallest absolute Gasteiger partial charge is 0.242 e. The molecule has 1 aliphatic heterocycles. The van der Waals surface area contributed by atoms with Crippen molar-refractivity contribution in [3.05, 3.63) is 64.7 Å². The van der Waals surface area contributed by atoms with E-state index in [0.717, 1.165) is 16.8 Å². The highest BCUT2D eigenvalue weighted by Crippen LogP contribution is 2.25. The van der Waals surface area contributed by atoms with Crippen LogP contribution in [0.2, 0.25) is 5.02 Å². The van der Waals surface area contributed by atoms with Crippen molar-refractivity contribution in [1.82, 2.24) is 10.9 Å². The lowest BCUT2D eigenvalue weighted by Gasteiger charge is -2.12. The zero-order valence-electron chi connectivity index (χ0n) is 12.3. The van der Waals surface area contributed by atoms with Crippen molar-refractivity contribution < 1.29 is 4.79 Å². The topological polar surface area (TPSA) is 53.2 Å². The van der Waals surface area contributed by atoms with Crippen molar-refractivity contribution in [1.29, 1.82) is 0 Å². The first-order valence-electron chi connectivity index (χ1n) is 7.26. The molecule has 2 atom stereocenters. The van der Waals surface area contributed by atoms with Crippen LogP contribution in [0.5, 0.6) is 0 Å². The summed E-state index contributed by atoms with van der Waals surface area (Å²) in [4.78, 5) is 12.4. The van der Waals surface area contributed by atoms with Crippen LogP contribution in [0.25, 0.3) is 0 Å². The first-order valence-corrected chi connectivity index (χ1v) is 7.64. The van der Waals surface area contributed by atoms with E-state index in [4.69, 9.17) is 11.6 Å². The Morgan fingerprint density at radius 3 is 2.77 bits per heavy atom. The summed E-state index contributed by atoms with van der Waals surface area (Å²) in [7, 11) is 0. The SMILES string of the molecule is Cc1ccccc1NC(=O)C1CC(c2cccc(Cl)c2)NN1. The molecule has 2 aromatic carbocycles. The maximum atomic E-state index is 12.4. The van der Waals surface area contributed by atoms with Gasteiger partial charge in [0.15, 0.2) is 0 Å². The van der Waals surface area contributed by atoms with E-state index >= 15 is 0 Å². The maximum absolute atomic E-state index is 12.4. The molecular formula is C17H18ClN3O. The Labute approximate surface area is 134 Å². The fourth-order valence-electron chi connectivity index (χ4n) is 2.60. The molecule has 0 bridgehead atoms. The first-order chi connectivity index (χ1) is 10.6. The van der Waals surface area contributed by atoms with Gasteiger partial charge in [-0.15, -0.1) is 0 Å². The van der Waals surface area contributed by atoms with Gasteiger partial charge in [0.1, 0.15) is 6.04 Å². The van der Waals surface area contributed by atoms with Crippen molar-refractivity contribution in [3.8, 4) is 0 Å².